The van der Waals surface area contributed by atoms with E-state index in [2.05, 4.69) is 15.9 Å². The molecule has 0 aromatic heterocycles. The number of hydrogen-bond donors (Lipinski definition) is 1. The Morgan fingerprint density at radius 2 is 2.11 bits per heavy atom. The van der Waals surface area contributed by atoms with E-state index >= 15 is 0 Å². The van der Waals surface area contributed by atoms with Gasteiger partial charge in [-0.15, -0.1) is 0 Å². The van der Waals surface area contributed by atoms with E-state index in [1.807, 2.05) is 6.26 Å². The van der Waals surface area contributed by atoms with Gasteiger partial charge in [0.25, 0.3) is 0 Å². The molecule has 1 rings (SSSR count). The molecule has 1 aromatic carbocycles. The van der Waals surface area contributed by atoms with Crippen LogP contribution in [0.15, 0.2) is 21.5 Å². The van der Waals surface area contributed by atoms with Crippen LogP contribution in [0, 0.1) is 5.82 Å². The number of hydrogen-bond acceptors (Lipinski definition) is 4. The standard InChI is InChI=1S/C11H16BrFN2O2S2/c1-7(6-18-3)15(2)19(16,17)11-5-10(14)8(12)4-9(11)13/h4-5,7H,6,14H2,1-3H3. The number of anilines is 1. The summed E-state index contributed by atoms with van der Waals surface area (Å²) in [5.41, 5.74) is 5.81. The van der Waals surface area contributed by atoms with Crippen molar-refractivity contribution in [1.29, 1.82) is 0 Å². The molecule has 0 bridgehead atoms. The summed E-state index contributed by atoms with van der Waals surface area (Å²) in [6.45, 7) is 1.77. The van der Waals surface area contributed by atoms with Crippen molar-refractivity contribution in [2.24, 2.45) is 0 Å². The van der Waals surface area contributed by atoms with E-state index in [-0.39, 0.29) is 11.7 Å². The zero-order chi connectivity index (χ0) is 14.8. The smallest absolute Gasteiger partial charge is 0.246 e. The lowest BCUT2D eigenvalue weighted by Crippen LogP contribution is -2.37. The van der Waals surface area contributed by atoms with Gasteiger partial charge in [0.2, 0.25) is 10.0 Å². The average Bonchev–Trinajstić information content (AvgIpc) is 2.32. The maximum Gasteiger partial charge on any atom is 0.246 e. The minimum atomic E-state index is -3.89. The second-order valence-corrected chi connectivity index (χ2v) is 7.86. The summed E-state index contributed by atoms with van der Waals surface area (Å²) in [7, 11) is -2.45. The second kappa shape index (κ2) is 6.43. The average molecular weight is 371 g/mol. The summed E-state index contributed by atoms with van der Waals surface area (Å²) in [6.07, 6.45) is 1.88. The Bertz CT molecular complexity index is 566. The Balaban J connectivity index is 3.24. The van der Waals surface area contributed by atoms with Gasteiger partial charge in [-0.25, -0.2) is 12.8 Å². The SMILES string of the molecule is CSCC(C)N(C)S(=O)(=O)c1cc(N)c(Br)cc1F. The molecule has 0 amide bonds. The quantitative estimate of drug-likeness (QED) is 0.808. The van der Waals surface area contributed by atoms with E-state index in [0.717, 1.165) is 16.4 Å². The molecule has 1 aromatic rings. The summed E-state index contributed by atoms with van der Waals surface area (Å²) < 4.78 is 40.0. The van der Waals surface area contributed by atoms with Crippen molar-refractivity contribution in [2.75, 3.05) is 24.8 Å². The lowest BCUT2D eigenvalue weighted by molar-refractivity contribution is 0.411. The maximum atomic E-state index is 13.8. The number of sulfonamides is 1. The summed E-state index contributed by atoms with van der Waals surface area (Å²) in [5, 5.41) is 0. The van der Waals surface area contributed by atoms with Crippen LogP contribution in [0.5, 0.6) is 0 Å². The first kappa shape index (κ1) is 16.7. The lowest BCUT2D eigenvalue weighted by Gasteiger charge is -2.24. The van der Waals surface area contributed by atoms with Crippen molar-refractivity contribution in [3.05, 3.63) is 22.4 Å². The van der Waals surface area contributed by atoms with Crippen molar-refractivity contribution in [2.45, 2.75) is 17.9 Å². The van der Waals surface area contributed by atoms with Crippen molar-refractivity contribution in [1.82, 2.24) is 4.31 Å². The number of nitrogens with two attached hydrogens (primary N) is 1. The molecule has 2 N–H and O–H groups in total. The molecule has 19 heavy (non-hydrogen) atoms. The zero-order valence-electron chi connectivity index (χ0n) is 10.9. The van der Waals surface area contributed by atoms with Crippen LogP contribution in [0.25, 0.3) is 0 Å². The topological polar surface area (TPSA) is 63.4 Å². The highest BCUT2D eigenvalue weighted by Gasteiger charge is 2.28. The molecule has 0 saturated heterocycles. The molecule has 1 atom stereocenters. The Morgan fingerprint density at radius 1 is 1.53 bits per heavy atom. The third-order valence-corrected chi connectivity index (χ3v) is 6.23. The fourth-order valence-electron chi connectivity index (χ4n) is 1.48. The molecule has 8 heteroatoms. The van der Waals surface area contributed by atoms with Crippen LogP contribution < -0.4 is 5.73 Å². The van der Waals surface area contributed by atoms with Crippen LogP contribution in [-0.2, 0) is 10.0 Å². The van der Waals surface area contributed by atoms with Gasteiger partial charge < -0.3 is 5.73 Å². The highest BCUT2D eigenvalue weighted by molar-refractivity contribution is 9.10. The first-order valence-corrected chi connectivity index (χ1v) is 9.06. The van der Waals surface area contributed by atoms with Gasteiger partial charge in [0, 0.05) is 29.0 Å². The highest BCUT2D eigenvalue weighted by atomic mass is 79.9. The molecule has 0 aliphatic carbocycles. The Morgan fingerprint density at radius 3 is 2.63 bits per heavy atom. The number of rotatable bonds is 5. The van der Waals surface area contributed by atoms with Gasteiger partial charge in [0.1, 0.15) is 10.7 Å². The van der Waals surface area contributed by atoms with E-state index in [0.29, 0.717) is 10.2 Å². The third-order valence-electron chi connectivity index (χ3n) is 2.74. The van der Waals surface area contributed by atoms with Crippen LogP contribution in [0.1, 0.15) is 6.92 Å². The fourth-order valence-corrected chi connectivity index (χ4v) is 4.04. The molecular weight excluding hydrogens is 355 g/mol. The zero-order valence-corrected chi connectivity index (χ0v) is 14.1. The normalized spacial score (nSPS) is 13.8. The summed E-state index contributed by atoms with van der Waals surface area (Å²) in [6, 6.07) is 1.97. The maximum absolute atomic E-state index is 13.8. The van der Waals surface area contributed by atoms with E-state index in [4.69, 9.17) is 5.73 Å². The molecule has 108 valence electrons. The van der Waals surface area contributed by atoms with Gasteiger partial charge >= 0.3 is 0 Å². The molecular formula is C11H16BrFN2O2S2. The Kier molecular flexibility index (Phi) is 5.66. The highest BCUT2D eigenvalue weighted by Crippen LogP contribution is 2.28. The minimum absolute atomic E-state index is 0.186. The fraction of sp³-hybridized carbons (Fsp3) is 0.455. The van der Waals surface area contributed by atoms with Gasteiger partial charge in [-0.1, -0.05) is 0 Å². The summed E-state index contributed by atoms with van der Waals surface area (Å²) >= 11 is 4.59. The summed E-state index contributed by atoms with van der Waals surface area (Å²) in [5.74, 6) is -0.187. The summed E-state index contributed by atoms with van der Waals surface area (Å²) in [4.78, 5) is -0.399. The van der Waals surface area contributed by atoms with Crippen molar-refractivity contribution in [3.8, 4) is 0 Å². The van der Waals surface area contributed by atoms with Crippen LogP contribution in [0.3, 0.4) is 0 Å². The molecule has 4 nitrogen and oxygen atoms in total. The molecule has 0 radical (unpaired) electrons. The van der Waals surface area contributed by atoms with Gasteiger partial charge in [-0.3, -0.25) is 0 Å². The molecule has 0 fully saturated rings. The molecule has 0 aliphatic heterocycles. The molecule has 0 heterocycles. The second-order valence-electron chi connectivity index (χ2n) is 4.13. The third kappa shape index (κ3) is 3.62. The largest absolute Gasteiger partial charge is 0.398 e. The van der Waals surface area contributed by atoms with Gasteiger partial charge in [-0.05, 0) is 41.2 Å². The minimum Gasteiger partial charge on any atom is -0.398 e. The van der Waals surface area contributed by atoms with Gasteiger partial charge in [0.15, 0.2) is 0 Å². The van der Waals surface area contributed by atoms with E-state index in [1.165, 1.54) is 18.8 Å². The van der Waals surface area contributed by atoms with Crippen LogP contribution in [0.4, 0.5) is 10.1 Å². The molecule has 0 spiro atoms. The van der Waals surface area contributed by atoms with E-state index in [1.54, 1.807) is 6.92 Å². The molecule has 1 unspecified atom stereocenters. The van der Waals surface area contributed by atoms with Crippen LogP contribution in [0.2, 0.25) is 0 Å². The Labute approximate surface area is 125 Å². The number of benzene rings is 1. The lowest BCUT2D eigenvalue weighted by atomic mass is 10.3. The van der Waals surface area contributed by atoms with Gasteiger partial charge in [-0.2, -0.15) is 16.1 Å². The predicted molar refractivity (Wildman–Crippen MR) is 81.3 cm³/mol. The van der Waals surface area contributed by atoms with E-state index in [9.17, 15) is 12.8 Å². The van der Waals surface area contributed by atoms with Crippen LogP contribution in [-0.4, -0.2) is 37.8 Å². The monoisotopic (exact) mass is 370 g/mol. The number of thioether (sulfide) groups is 1. The Hall–Kier alpha value is -0.310. The van der Waals surface area contributed by atoms with Crippen molar-refractivity contribution < 1.29 is 12.8 Å². The molecule has 0 saturated carbocycles. The first-order chi connectivity index (χ1) is 8.71. The van der Waals surface area contributed by atoms with Crippen molar-refractivity contribution in [3.63, 3.8) is 0 Å². The predicted octanol–water partition coefficient (Wildman–Crippen LogP) is 2.54. The van der Waals surface area contributed by atoms with E-state index < -0.39 is 20.7 Å². The van der Waals surface area contributed by atoms with Crippen molar-refractivity contribution >= 4 is 43.4 Å². The molecule has 0 aliphatic rings. The number of nitrogens with zero attached hydrogens (tertiary/aromatic N) is 1. The van der Waals surface area contributed by atoms with Crippen LogP contribution >= 0.6 is 27.7 Å². The number of nitrogen functional groups attached to an aromatic ring is 1. The van der Waals surface area contributed by atoms with Gasteiger partial charge in [0.05, 0.1) is 0 Å². The number of halogens is 2. The first-order valence-electron chi connectivity index (χ1n) is 5.43.